The van der Waals surface area contributed by atoms with Crippen LogP contribution in [-0.4, -0.2) is 12.6 Å². The minimum absolute atomic E-state index is 0.560. The molecule has 2 fully saturated rings. The van der Waals surface area contributed by atoms with Gasteiger partial charge in [0, 0.05) is 17.3 Å². The predicted octanol–water partition coefficient (Wildman–Crippen LogP) is 4.72. The van der Waals surface area contributed by atoms with Crippen molar-refractivity contribution in [1.29, 1.82) is 0 Å². The molecule has 1 aromatic heterocycles. The topological polar surface area (TPSA) is 25.2 Å². The van der Waals surface area contributed by atoms with Gasteiger partial charge in [-0.2, -0.15) is 0 Å². The van der Waals surface area contributed by atoms with Crippen molar-refractivity contribution in [2.45, 2.75) is 44.1 Å². The largest absolute Gasteiger partial charge is 0.459 e. The summed E-state index contributed by atoms with van der Waals surface area (Å²) in [6, 6.07) is 8.96. The van der Waals surface area contributed by atoms with Gasteiger partial charge in [-0.15, -0.1) is 0 Å². The molecule has 0 spiro atoms. The summed E-state index contributed by atoms with van der Waals surface area (Å²) < 4.78 is 6.08. The molecule has 1 aromatic carbocycles. The zero-order valence-electron chi connectivity index (χ0n) is 11.6. The summed E-state index contributed by atoms with van der Waals surface area (Å²) in [6.45, 7) is 1.14. The standard InChI is InChI=1S/C17H20ClNO/c18-15-6-2-3-11-9-16(20-17(11)15)14-5-1-4-12(14)10-19-13-7-8-13/h2-3,6,9,12-14,19H,1,4-5,7-8,10H2. The molecular formula is C17H20ClNO. The summed E-state index contributed by atoms with van der Waals surface area (Å²) in [5, 5.41) is 5.53. The van der Waals surface area contributed by atoms with Gasteiger partial charge in [0.1, 0.15) is 5.76 Å². The first kappa shape index (κ1) is 12.7. The van der Waals surface area contributed by atoms with E-state index in [1.807, 2.05) is 12.1 Å². The lowest BCUT2D eigenvalue weighted by molar-refractivity contribution is 0.390. The molecule has 0 amide bonds. The van der Waals surface area contributed by atoms with E-state index in [9.17, 15) is 0 Å². The number of rotatable bonds is 4. The minimum Gasteiger partial charge on any atom is -0.459 e. The Morgan fingerprint density at radius 2 is 2.10 bits per heavy atom. The molecule has 0 radical (unpaired) electrons. The highest BCUT2D eigenvalue weighted by Crippen LogP contribution is 2.42. The SMILES string of the molecule is Clc1cccc2cc(C3CCCC3CNC3CC3)oc12. The molecule has 106 valence electrons. The van der Waals surface area contributed by atoms with Crippen LogP contribution in [0.25, 0.3) is 11.0 Å². The number of fused-ring (bicyclic) bond motifs is 1. The lowest BCUT2D eigenvalue weighted by Gasteiger charge is -2.18. The van der Waals surface area contributed by atoms with Gasteiger partial charge < -0.3 is 9.73 Å². The van der Waals surface area contributed by atoms with Gasteiger partial charge in [-0.05, 0) is 50.3 Å². The Bertz CT molecular complexity index is 616. The fourth-order valence-electron chi connectivity index (χ4n) is 3.49. The fourth-order valence-corrected chi connectivity index (χ4v) is 3.71. The third kappa shape index (κ3) is 2.36. The van der Waals surface area contributed by atoms with E-state index in [4.69, 9.17) is 16.0 Å². The average Bonchev–Trinajstić information content (AvgIpc) is 2.99. The molecule has 0 bridgehead atoms. The first-order valence-electron chi connectivity index (χ1n) is 7.72. The summed E-state index contributed by atoms with van der Waals surface area (Å²) in [5.41, 5.74) is 0.852. The zero-order chi connectivity index (χ0) is 13.5. The van der Waals surface area contributed by atoms with Gasteiger partial charge in [0.15, 0.2) is 5.58 Å². The lowest BCUT2D eigenvalue weighted by Crippen LogP contribution is -2.26. The van der Waals surface area contributed by atoms with E-state index in [1.54, 1.807) is 0 Å². The number of para-hydroxylation sites is 1. The lowest BCUT2D eigenvalue weighted by atomic mass is 9.93. The maximum Gasteiger partial charge on any atom is 0.152 e. The van der Waals surface area contributed by atoms with Crippen LogP contribution in [0.4, 0.5) is 0 Å². The molecule has 2 atom stereocenters. The molecule has 4 rings (SSSR count). The summed E-state index contributed by atoms with van der Waals surface area (Å²) >= 11 is 6.22. The minimum atomic E-state index is 0.560. The van der Waals surface area contributed by atoms with Crippen molar-refractivity contribution in [3.63, 3.8) is 0 Å². The molecule has 2 aromatic rings. The van der Waals surface area contributed by atoms with E-state index in [0.717, 1.165) is 40.3 Å². The van der Waals surface area contributed by atoms with Crippen LogP contribution in [0.2, 0.25) is 5.02 Å². The highest BCUT2D eigenvalue weighted by molar-refractivity contribution is 6.34. The molecule has 2 unspecified atom stereocenters. The van der Waals surface area contributed by atoms with E-state index in [1.165, 1.54) is 32.1 Å². The van der Waals surface area contributed by atoms with Crippen molar-refractivity contribution in [2.24, 2.45) is 5.92 Å². The molecule has 20 heavy (non-hydrogen) atoms. The number of benzene rings is 1. The maximum atomic E-state index is 6.22. The number of hydrogen-bond acceptors (Lipinski definition) is 2. The number of nitrogens with one attached hydrogen (secondary N) is 1. The Kier molecular flexibility index (Phi) is 3.24. The van der Waals surface area contributed by atoms with Crippen molar-refractivity contribution in [2.75, 3.05) is 6.54 Å². The van der Waals surface area contributed by atoms with E-state index in [-0.39, 0.29) is 0 Å². The third-order valence-corrected chi connectivity index (χ3v) is 5.08. The first-order valence-corrected chi connectivity index (χ1v) is 8.10. The van der Waals surface area contributed by atoms with Crippen LogP contribution in [0.5, 0.6) is 0 Å². The predicted molar refractivity (Wildman–Crippen MR) is 82.3 cm³/mol. The van der Waals surface area contributed by atoms with Crippen molar-refractivity contribution in [3.05, 3.63) is 35.0 Å². The van der Waals surface area contributed by atoms with E-state index in [2.05, 4.69) is 17.4 Å². The van der Waals surface area contributed by atoms with Crippen LogP contribution >= 0.6 is 11.6 Å². The molecule has 2 saturated carbocycles. The second kappa shape index (κ2) is 5.09. The molecule has 2 aliphatic carbocycles. The second-order valence-electron chi connectivity index (χ2n) is 6.29. The fraction of sp³-hybridized carbons (Fsp3) is 0.529. The first-order chi connectivity index (χ1) is 9.81. The van der Waals surface area contributed by atoms with E-state index < -0.39 is 0 Å². The number of hydrogen-bond donors (Lipinski definition) is 1. The van der Waals surface area contributed by atoms with E-state index in [0.29, 0.717) is 5.92 Å². The summed E-state index contributed by atoms with van der Waals surface area (Å²) in [5.74, 6) is 2.41. The molecule has 1 heterocycles. The second-order valence-corrected chi connectivity index (χ2v) is 6.69. The molecule has 0 saturated heterocycles. The number of halogens is 1. The average molecular weight is 290 g/mol. The summed E-state index contributed by atoms with van der Waals surface area (Å²) in [4.78, 5) is 0. The number of furan rings is 1. The Hall–Kier alpha value is -0.990. The van der Waals surface area contributed by atoms with Gasteiger partial charge in [-0.25, -0.2) is 0 Å². The third-order valence-electron chi connectivity index (χ3n) is 4.79. The zero-order valence-corrected chi connectivity index (χ0v) is 12.3. The molecule has 0 aliphatic heterocycles. The molecule has 1 N–H and O–H groups in total. The summed E-state index contributed by atoms with van der Waals surface area (Å²) in [6.07, 6.45) is 6.59. The van der Waals surface area contributed by atoms with Crippen LogP contribution in [-0.2, 0) is 0 Å². The van der Waals surface area contributed by atoms with Gasteiger partial charge in [0.2, 0.25) is 0 Å². The Balaban J connectivity index is 1.58. The normalized spacial score (nSPS) is 26.4. The highest BCUT2D eigenvalue weighted by atomic mass is 35.5. The van der Waals surface area contributed by atoms with Gasteiger partial charge in [0.05, 0.1) is 5.02 Å². The van der Waals surface area contributed by atoms with Gasteiger partial charge >= 0.3 is 0 Å². The molecule has 3 heteroatoms. The maximum absolute atomic E-state index is 6.22. The molecule has 2 nitrogen and oxygen atoms in total. The molecule has 2 aliphatic rings. The van der Waals surface area contributed by atoms with Crippen LogP contribution in [0, 0.1) is 5.92 Å². The van der Waals surface area contributed by atoms with Crippen molar-refractivity contribution in [3.8, 4) is 0 Å². The summed E-state index contributed by atoms with van der Waals surface area (Å²) in [7, 11) is 0. The monoisotopic (exact) mass is 289 g/mol. The van der Waals surface area contributed by atoms with Gasteiger partial charge in [0.25, 0.3) is 0 Å². The quantitative estimate of drug-likeness (QED) is 0.881. The van der Waals surface area contributed by atoms with Crippen molar-refractivity contribution < 1.29 is 4.42 Å². The van der Waals surface area contributed by atoms with Crippen LogP contribution in [0.1, 0.15) is 43.8 Å². The van der Waals surface area contributed by atoms with Gasteiger partial charge in [-0.1, -0.05) is 30.2 Å². The van der Waals surface area contributed by atoms with Crippen molar-refractivity contribution >= 4 is 22.6 Å². The molecular weight excluding hydrogens is 270 g/mol. The Morgan fingerprint density at radius 3 is 2.90 bits per heavy atom. The van der Waals surface area contributed by atoms with E-state index >= 15 is 0 Å². The Morgan fingerprint density at radius 1 is 1.20 bits per heavy atom. The van der Waals surface area contributed by atoms with Crippen LogP contribution < -0.4 is 5.32 Å². The Labute approximate surface area is 124 Å². The smallest absolute Gasteiger partial charge is 0.152 e. The highest BCUT2D eigenvalue weighted by Gasteiger charge is 2.32. The van der Waals surface area contributed by atoms with Crippen molar-refractivity contribution in [1.82, 2.24) is 5.32 Å². The van der Waals surface area contributed by atoms with Crippen LogP contribution in [0.15, 0.2) is 28.7 Å². The van der Waals surface area contributed by atoms with Crippen LogP contribution in [0.3, 0.4) is 0 Å². The van der Waals surface area contributed by atoms with Gasteiger partial charge in [-0.3, -0.25) is 0 Å².